The fourth-order valence-electron chi connectivity index (χ4n) is 2.69. The Morgan fingerprint density at radius 3 is 2.63 bits per heavy atom. The summed E-state index contributed by atoms with van der Waals surface area (Å²) in [5, 5.41) is 10.6. The number of aromatic amines is 1. The molecule has 104 valence electrons. The van der Waals surface area contributed by atoms with Crippen LogP contribution in [0.5, 0.6) is 0 Å². The second-order valence-corrected chi connectivity index (χ2v) is 5.25. The normalized spacial score (nSPS) is 24.3. The number of nitro groups is 1. The number of nitrogens with zero attached hydrogens (tertiary/aromatic N) is 2. The first kappa shape index (κ1) is 13.7. The van der Waals surface area contributed by atoms with Crippen molar-refractivity contribution in [3.8, 4) is 0 Å². The van der Waals surface area contributed by atoms with Gasteiger partial charge in [0.05, 0.1) is 23.4 Å². The van der Waals surface area contributed by atoms with Gasteiger partial charge in [-0.3, -0.25) is 19.8 Å². The zero-order valence-electron chi connectivity index (χ0n) is 11.3. The Balaban J connectivity index is 2.05. The molecule has 0 saturated carbocycles. The van der Waals surface area contributed by atoms with E-state index >= 15 is 0 Å². The summed E-state index contributed by atoms with van der Waals surface area (Å²) in [5.41, 5.74) is 0.250. The number of piperidine rings is 1. The van der Waals surface area contributed by atoms with Crippen LogP contribution >= 0.6 is 0 Å². The van der Waals surface area contributed by atoms with E-state index in [2.05, 4.69) is 23.7 Å². The third-order valence-electron chi connectivity index (χ3n) is 3.88. The van der Waals surface area contributed by atoms with Crippen molar-refractivity contribution in [2.24, 2.45) is 0 Å². The molecule has 6 nitrogen and oxygen atoms in total. The number of hydrogen-bond donors (Lipinski definition) is 1. The number of rotatable bonds is 4. The van der Waals surface area contributed by atoms with E-state index in [4.69, 9.17) is 0 Å². The Hall–Kier alpha value is -1.69. The molecule has 19 heavy (non-hydrogen) atoms. The van der Waals surface area contributed by atoms with Gasteiger partial charge in [-0.25, -0.2) is 0 Å². The van der Waals surface area contributed by atoms with Crippen molar-refractivity contribution >= 4 is 11.5 Å². The number of ketones is 1. The number of carbonyl (C=O) groups is 1. The van der Waals surface area contributed by atoms with Crippen molar-refractivity contribution in [1.82, 2.24) is 9.88 Å². The molecule has 1 aliphatic heterocycles. The molecular weight excluding hydrogens is 246 g/mol. The van der Waals surface area contributed by atoms with E-state index in [1.54, 1.807) is 0 Å². The molecule has 6 heteroatoms. The monoisotopic (exact) mass is 265 g/mol. The summed E-state index contributed by atoms with van der Waals surface area (Å²) in [6, 6.07) is 2.08. The Kier molecular flexibility index (Phi) is 3.99. The average molecular weight is 265 g/mol. The van der Waals surface area contributed by atoms with Gasteiger partial charge >= 0.3 is 0 Å². The molecule has 1 saturated heterocycles. The lowest BCUT2D eigenvalue weighted by molar-refractivity contribution is -0.384. The van der Waals surface area contributed by atoms with Gasteiger partial charge in [0, 0.05) is 18.2 Å². The maximum atomic E-state index is 12.1. The van der Waals surface area contributed by atoms with Crippen molar-refractivity contribution in [1.29, 1.82) is 0 Å². The molecule has 2 atom stereocenters. The van der Waals surface area contributed by atoms with Crippen LogP contribution < -0.4 is 0 Å². The van der Waals surface area contributed by atoms with Crippen molar-refractivity contribution in [3.63, 3.8) is 0 Å². The molecule has 1 N–H and O–H groups in total. The van der Waals surface area contributed by atoms with Gasteiger partial charge in [-0.2, -0.15) is 0 Å². The van der Waals surface area contributed by atoms with Gasteiger partial charge in [0.25, 0.3) is 5.69 Å². The quantitative estimate of drug-likeness (QED) is 0.515. The first-order chi connectivity index (χ1) is 8.99. The summed E-state index contributed by atoms with van der Waals surface area (Å²) in [6.45, 7) is 4.57. The van der Waals surface area contributed by atoms with Crippen LogP contribution in [-0.4, -0.2) is 39.2 Å². The van der Waals surface area contributed by atoms with E-state index in [0.29, 0.717) is 24.3 Å². The second kappa shape index (κ2) is 5.52. The predicted molar refractivity (Wildman–Crippen MR) is 71.3 cm³/mol. The molecular formula is C13H19N3O3. The molecule has 2 heterocycles. The highest BCUT2D eigenvalue weighted by Gasteiger charge is 2.27. The first-order valence-electron chi connectivity index (χ1n) is 6.60. The largest absolute Gasteiger partial charge is 0.353 e. The Morgan fingerprint density at radius 1 is 1.47 bits per heavy atom. The fourth-order valence-corrected chi connectivity index (χ4v) is 2.69. The maximum absolute atomic E-state index is 12.1. The van der Waals surface area contributed by atoms with Crippen molar-refractivity contribution in [2.45, 2.75) is 45.2 Å². The van der Waals surface area contributed by atoms with E-state index in [-0.39, 0.29) is 11.5 Å². The summed E-state index contributed by atoms with van der Waals surface area (Å²) in [6.07, 6.45) is 4.66. The average Bonchev–Trinajstić information content (AvgIpc) is 2.83. The molecule has 0 bridgehead atoms. The topological polar surface area (TPSA) is 79.2 Å². The molecule has 1 aromatic rings. The summed E-state index contributed by atoms with van der Waals surface area (Å²) in [5.74, 6) is -0.0892. The van der Waals surface area contributed by atoms with Crippen LogP contribution in [0.4, 0.5) is 5.69 Å². The first-order valence-corrected chi connectivity index (χ1v) is 6.60. The van der Waals surface area contributed by atoms with Crippen LogP contribution in [0.2, 0.25) is 0 Å². The SMILES string of the molecule is CC1CCCC(C)N1CC(=O)c1cc([N+](=O)[O-])c[nH]1. The standard InChI is InChI=1S/C13H19N3O3/c1-9-4-3-5-10(2)15(9)8-13(17)12-6-11(7-14-12)16(18)19/h6-7,9-10,14H,3-5,8H2,1-2H3. The molecule has 1 aromatic heterocycles. The minimum atomic E-state index is -0.501. The molecule has 0 spiro atoms. The smallest absolute Gasteiger partial charge is 0.287 e. The third kappa shape index (κ3) is 3.01. The summed E-state index contributed by atoms with van der Waals surface area (Å²) in [4.78, 5) is 27.1. The van der Waals surface area contributed by atoms with Crippen LogP contribution in [0.25, 0.3) is 0 Å². The minimum absolute atomic E-state index is 0.0666. The van der Waals surface area contributed by atoms with E-state index in [1.807, 2.05) is 0 Å². The molecule has 0 aromatic carbocycles. The zero-order valence-corrected chi connectivity index (χ0v) is 11.3. The van der Waals surface area contributed by atoms with Crippen LogP contribution in [-0.2, 0) is 0 Å². The van der Waals surface area contributed by atoms with E-state index < -0.39 is 4.92 Å². The number of Topliss-reactive ketones (excluding diaryl/α,β-unsaturated/α-hetero) is 1. The second-order valence-electron chi connectivity index (χ2n) is 5.25. The third-order valence-corrected chi connectivity index (χ3v) is 3.88. The lowest BCUT2D eigenvalue weighted by Gasteiger charge is -2.38. The summed E-state index contributed by atoms with van der Waals surface area (Å²) < 4.78 is 0. The highest BCUT2D eigenvalue weighted by molar-refractivity contribution is 5.96. The lowest BCUT2D eigenvalue weighted by atomic mass is 9.97. The van der Waals surface area contributed by atoms with Gasteiger partial charge in [0.15, 0.2) is 5.78 Å². The number of likely N-dealkylation sites (tertiary alicyclic amines) is 1. The van der Waals surface area contributed by atoms with Crippen molar-refractivity contribution in [3.05, 3.63) is 28.1 Å². The van der Waals surface area contributed by atoms with E-state index in [1.165, 1.54) is 18.7 Å². The van der Waals surface area contributed by atoms with Gasteiger partial charge in [-0.1, -0.05) is 6.42 Å². The lowest BCUT2D eigenvalue weighted by Crippen LogP contribution is -2.46. The van der Waals surface area contributed by atoms with Crippen molar-refractivity contribution in [2.75, 3.05) is 6.54 Å². The number of carbonyl (C=O) groups excluding carboxylic acids is 1. The Morgan fingerprint density at radius 2 is 2.11 bits per heavy atom. The summed E-state index contributed by atoms with van der Waals surface area (Å²) >= 11 is 0. The molecule has 2 unspecified atom stereocenters. The van der Waals surface area contributed by atoms with Crippen LogP contribution in [0.1, 0.15) is 43.6 Å². The molecule has 1 aliphatic rings. The number of hydrogen-bond acceptors (Lipinski definition) is 4. The highest BCUT2D eigenvalue weighted by Crippen LogP contribution is 2.23. The predicted octanol–water partition coefficient (Wildman–Crippen LogP) is 2.37. The molecule has 1 fully saturated rings. The Labute approximate surface area is 111 Å². The van der Waals surface area contributed by atoms with Gasteiger partial charge in [0.2, 0.25) is 0 Å². The number of aromatic nitrogens is 1. The van der Waals surface area contributed by atoms with Crippen LogP contribution in [0, 0.1) is 10.1 Å². The van der Waals surface area contributed by atoms with Gasteiger partial charge < -0.3 is 4.98 Å². The van der Waals surface area contributed by atoms with Gasteiger partial charge in [-0.05, 0) is 26.7 Å². The van der Waals surface area contributed by atoms with Crippen LogP contribution in [0.15, 0.2) is 12.3 Å². The fraction of sp³-hybridized carbons (Fsp3) is 0.615. The summed E-state index contributed by atoms with van der Waals surface area (Å²) in [7, 11) is 0. The maximum Gasteiger partial charge on any atom is 0.287 e. The van der Waals surface area contributed by atoms with Crippen molar-refractivity contribution < 1.29 is 9.72 Å². The van der Waals surface area contributed by atoms with E-state index in [9.17, 15) is 14.9 Å². The number of nitrogens with one attached hydrogen (secondary N) is 1. The molecule has 2 rings (SSSR count). The molecule has 0 amide bonds. The Bertz CT molecular complexity index is 473. The van der Waals surface area contributed by atoms with Gasteiger partial charge in [-0.15, -0.1) is 0 Å². The van der Waals surface area contributed by atoms with Gasteiger partial charge in [0.1, 0.15) is 0 Å². The highest BCUT2D eigenvalue weighted by atomic mass is 16.6. The van der Waals surface area contributed by atoms with Crippen LogP contribution in [0.3, 0.4) is 0 Å². The minimum Gasteiger partial charge on any atom is -0.353 e. The molecule has 0 radical (unpaired) electrons. The molecule has 0 aliphatic carbocycles. The zero-order chi connectivity index (χ0) is 14.0. The van der Waals surface area contributed by atoms with E-state index in [0.717, 1.165) is 12.8 Å². The number of H-pyrrole nitrogens is 1.